The zero-order valence-corrected chi connectivity index (χ0v) is 12.2. The average Bonchev–Trinajstić information content (AvgIpc) is 2.72. The van der Waals surface area contributed by atoms with Gasteiger partial charge in [-0.15, -0.1) is 0 Å². The van der Waals surface area contributed by atoms with Crippen LogP contribution in [-0.2, 0) is 14.3 Å². The Morgan fingerprint density at radius 2 is 2.16 bits per heavy atom. The normalized spacial score (nSPS) is 23.2. The number of hydrogen-bond acceptors (Lipinski definition) is 3. The number of rotatable bonds is 8. The highest BCUT2D eigenvalue weighted by molar-refractivity contribution is 5.84. The van der Waals surface area contributed by atoms with Crippen LogP contribution in [0, 0.1) is 11.8 Å². The first-order valence-electron chi connectivity index (χ1n) is 7.56. The number of Topliss-reactive ketones (excluding diaryl/α,β-unsaturated/α-hetero) is 1. The van der Waals surface area contributed by atoms with E-state index in [-0.39, 0.29) is 17.8 Å². The number of carbonyl (C=O) groups is 2. The maximum atomic E-state index is 11.9. The third-order valence-electron chi connectivity index (χ3n) is 3.82. The summed E-state index contributed by atoms with van der Waals surface area (Å²) in [4.78, 5) is 23.5. The molecule has 0 aliphatic heterocycles. The largest absolute Gasteiger partial charge is 0.435 e. The fourth-order valence-corrected chi connectivity index (χ4v) is 2.71. The molecular formula is C16H26O3. The maximum absolute atomic E-state index is 11.9. The lowest BCUT2D eigenvalue weighted by Crippen LogP contribution is -2.18. The van der Waals surface area contributed by atoms with Crippen molar-refractivity contribution < 1.29 is 14.3 Å². The van der Waals surface area contributed by atoms with Gasteiger partial charge in [0.1, 0.15) is 5.78 Å². The Hall–Kier alpha value is -1.12. The van der Waals surface area contributed by atoms with E-state index in [0.717, 1.165) is 32.1 Å². The minimum Gasteiger partial charge on any atom is -0.435 e. The molecule has 1 fully saturated rings. The number of unbranched alkanes of at least 4 members (excludes halogenated alkanes) is 2. The fraction of sp³-hybridized carbons (Fsp3) is 0.750. The molecule has 0 radical (unpaired) electrons. The molecule has 0 bridgehead atoms. The van der Waals surface area contributed by atoms with Gasteiger partial charge in [0.15, 0.2) is 0 Å². The third kappa shape index (κ3) is 5.58. The van der Waals surface area contributed by atoms with Gasteiger partial charge in [-0.05, 0) is 31.3 Å². The molecule has 108 valence electrons. The number of ketones is 1. The first kappa shape index (κ1) is 15.9. The van der Waals surface area contributed by atoms with E-state index in [0.29, 0.717) is 18.6 Å². The van der Waals surface area contributed by atoms with Crippen molar-refractivity contribution in [1.82, 2.24) is 0 Å². The highest BCUT2D eigenvalue weighted by Crippen LogP contribution is 2.35. The van der Waals surface area contributed by atoms with E-state index >= 15 is 0 Å². The Morgan fingerprint density at radius 1 is 1.37 bits per heavy atom. The van der Waals surface area contributed by atoms with Gasteiger partial charge in [0, 0.05) is 18.8 Å². The van der Waals surface area contributed by atoms with Gasteiger partial charge in [0.2, 0.25) is 0 Å². The van der Waals surface area contributed by atoms with Gasteiger partial charge < -0.3 is 4.74 Å². The van der Waals surface area contributed by atoms with Gasteiger partial charge in [-0.2, -0.15) is 0 Å². The summed E-state index contributed by atoms with van der Waals surface area (Å²) in [5.41, 5.74) is 0. The standard InChI is InChI=1S/C16H26O3/c1-3-5-7-8-14-13(9-10-15(14)17)12-16(18)19-11-6-4-2/h6,11,13-14H,3-5,7-10,12H2,1-2H3. The van der Waals surface area contributed by atoms with Crippen LogP contribution in [0.3, 0.4) is 0 Å². The molecule has 0 heterocycles. The summed E-state index contributed by atoms with van der Waals surface area (Å²) in [5, 5.41) is 0. The summed E-state index contributed by atoms with van der Waals surface area (Å²) < 4.78 is 5.02. The third-order valence-corrected chi connectivity index (χ3v) is 3.82. The van der Waals surface area contributed by atoms with Crippen LogP contribution >= 0.6 is 0 Å². The van der Waals surface area contributed by atoms with E-state index in [1.807, 2.05) is 13.0 Å². The summed E-state index contributed by atoms with van der Waals surface area (Å²) in [7, 11) is 0. The number of carbonyl (C=O) groups excluding carboxylic acids is 2. The molecule has 2 atom stereocenters. The molecule has 2 unspecified atom stereocenters. The Labute approximate surface area is 116 Å². The Bertz CT molecular complexity index is 320. The SMILES string of the molecule is CCC=COC(=O)CC1CCC(=O)C1CCCCC. The van der Waals surface area contributed by atoms with E-state index in [1.54, 1.807) is 0 Å². The van der Waals surface area contributed by atoms with Crippen molar-refractivity contribution in [1.29, 1.82) is 0 Å². The zero-order chi connectivity index (χ0) is 14.1. The molecule has 0 aromatic heterocycles. The van der Waals surface area contributed by atoms with Crippen LogP contribution in [0.1, 0.15) is 65.2 Å². The second-order valence-electron chi connectivity index (χ2n) is 5.34. The Balaban J connectivity index is 2.39. The maximum Gasteiger partial charge on any atom is 0.310 e. The minimum atomic E-state index is -0.204. The van der Waals surface area contributed by atoms with Crippen LogP contribution in [0.5, 0.6) is 0 Å². The summed E-state index contributed by atoms with van der Waals surface area (Å²) in [6.45, 7) is 4.15. The Morgan fingerprint density at radius 3 is 2.84 bits per heavy atom. The van der Waals surface area contributed by atoms with Crippen LogP contribution < -0.4 is 0 Å². The summed E-state index contributed by atoms with van der Waals surface area (Å²) in [6, 6.07) is 0. The van der Waals surface area contributed by atoms with E-state index in [4.69, 9.17) is 4.74 Å². The quantitative estimate of drug-likeness (QED) is 0.378. The Kier molecular flexibility index (Phi) is 7.46. The van der Waals surface area contributed by atoms with E-state index < -0.39 is 0 Å². The second kappa shape index (κ2) is 8.89. The lowest BCUT2D eigenvalue weighted by molar-refractivity contribution is -0.139. The highest BCUT2D eigenvalue weighted by Gasteiger charge is 2.35. The van der Waals surface area contributed by atoms with Gasteiger partial charge >= 0.3 is 5.97 Å². The summed E-state index contributed by atoms with van der Waals surface area (Å²) in [5.74, 6) is 0.434. The van der Waals surface area contributed by atoms with Gasteiger partial charge in [0.25, 0.3) is 0 Å². The smallest absolute Gasteiger partial charge is 0.310 e. The predicted molar refractivity (Wildman–Crippen MR) is 75.5 cm³/mol. The number of allylic oxidation sites excluding steroid dienone is 1. The molecule has 3 nitrogen and oxygen atoms in total. The van der Waals surface area contributed by atoms with Crippen molar-refractivity contribution in [2.75, 3.05) is 0 Å². The zero-order valence-electron chi connectivity index (χ0n) is 12.2. The van der Waals surface area contributed by atoms with Crippen molar-refractivity contribution in [2.45, 2.75) is 65.2 Å². The molecule has 1 saturated carbocycles. The predicted octanol–water partition coefficient (Wildman–Crippen LogP) is 4.02. The molecule has 0 spiro atoms. The van der Waals surface area contributed by atoms with E-state index in [1.165, 1.54) is 12.7 Å². The van der Waals surface area contributed by atoms with Crippen LogP contribution in [0.2, 0.25) is 0 Å². The molecular weight excluding hydrogens is 240 g/mol. The van der Waals surface area contributed by atoms with Crippen LogP contribution in [-0.4, -0.2) is 11.8 Å². The van der Waals surface area contributed by atoms with E-state index in [9.17, 15) is 9.59 Å². The summed E-state index contributed by atoms with van der Waals surface area (Å²) in [6.07, 6.45) is 10.4. The molecule has 1 aliphatic rings. The van der Waals surface area contributed by atoms with Gasteiger partial charge in [-0.1, -0.05) is 33.1 Å². The molecule has 0 aromatic carbocycles. The molecule has 0 amide bonds. The minimum absolute atomic E-state index is 0.0919. The van der Waals surface area contributed by atoms with Gasteiger partial charge in [-0.3, -0.25) is 9.59 Å². The molecule has 1 aliphatic carbocycles. The lowest BCUT2D eigenvalue weighted by Gasteiger charge is -2.16. The highest BCUT2D eigenvalue weighted by atomic mass is 16.5. The molecule has 3 heteroatoms. The molecule has 0 N–H and O–H groups in total. The van der Waals surface area contributed by atoms with Crippen molar-refractivity contribution in [3.8, 4) is 0 Å². The van der Waals surface area contributed by atoms with Crippen molar-refractivity contribution in [3.05, 3.63) is 12.3 Å². The average molecular weight is 266 g/mol. The first-order chi connectivity index (χ1) is 9.19. The topological polar surface area (TPSA) is 43.4 Å². The van der Waals surface area contributed by atoms with E-state index in [2.05, 4.69) is 6.92 Å². The van der Waals surface area contributed by atoms with Crippen molar-refractivity contribution in [3.63, 3.8) is 0 Å². The van der Waals surface area contributed by atoms with Crippen molar-refractivity contribution >= 4 is 11.8 Å². The van der Waals surface area contributed by atoms with Crippen molar-refractivity contribution in [2.24, 2.45) is 11.8 Å². The first-order valence-corrected chi connectivity index (χ1v) is 7.56. The summed E-state index contributed by atoms with van der Waals surface area (Å²) >= 11 is 0. The fourth-order valence-electron chi connectivity index (χ4n) is 2.71. The number of hydrogen-bond donors (Lipinski definition) is 0. The van der Waals surface area contributed by atoms with Crippen LogP contribution in [0.15, 0.2) is 12.3 Å². The monoisotopic (exact) mass is 266 g/mol. The molecule has 19 heavy (non-hydrogen) atoms. The van der Waals surface area contributed by atoms with Gasteiger partial charge in [0.05, 0.1) is 6.26 Å². The van der Waals surface area contributed by atoms with Gasteiger partial charge in [-0.25, -0.2) is 0 Å². The number of esters is 1. The van der Waals surface area contributed by atoms with Crippen LogP contribution in [0.4, 0.5) is 0 Å². The van der Waals surface area contributed by atoms with Crippen LogP contribution in [0.25, 0.3) is 0 Å². The second-order valence-corrected chi connectivity index (χ2v) is 5.34. The molecule has 0 aromatic rings. The number of ether oxygens (including phenoxy) is 1. The molecule has 0 saturated heterocycles. The lowest BCUT2D eigenvalue weighted by atomic mass is 9.88. The molecule has 1 rings (SSSR count).